The van der Waals surface area contributed by atoms with Crippen molar-refractivity contribution in [1.82, 2.24) is 4.90 Å². The molecule has 0 aromatic heterocycles. The molecular formula is C21H27N3O3. The second-order valence-corrected chi connectivity index (χ2v) is 6.89. The van der Waals surface area contributed by atoms with Crippen LogP contribution in [0.4, 0.5) is 11.4 Å². The monoisotopic (exact) mass is 369 g/mol. The maximum absolute atomic E-state index is 11.4. The summed E-state index contributed by atoms with van der Waals surface area (Å²) in [5, 5.41) is 13.6. The summed E-state index contributed by atoms with van der Waals surface area (Å²) in [6.45, 7) is 2.96. The molecule has 1 saturated heterocycles. The van der Waals surface area contributed by atoms with E-state index in [0.717, 1.165) is 24.5 Å². The van der Waals surface area contributed by atoms with Crippen LogP contribution in [0, 0.1) is 0 Å². The number of ether oxygens (including phenoxy) is 1. The Morgan fingerprint density at radius 3 is 2.70 bits per heavy atom. The van der Waals surface area contributed by atoms with E-state index >= 15 is 0 Å². The van der Waals surface area contributed by atoms with E-state index in [1.54, 1.807) is 18.2 Å². The lowest BCUT2D eigenvalue weighted by Crippen LogP contribution is -2.38. The van der Waals surface area contributed by atoms with Crippen LogP contribution in [0.25, 0.3) is 0 Å². The molecule has 0 radical (unpaired) electrons. The van der Waals surface area contributed by atoms with Crippen LogP contribution in [-0.2, 0) is 0 Å². The Morgan fingerprint density at radius 2 is 1.93 bits per heavy atom. The van der Waals surface area contributed by atoms with E-state index in [9.17, 15) is 9.90 Å². The smallest absolute Gasteiger partial charge is 0.248 e. The molecule has 3 rings (SSSR count). The minimum atomic E-state index is -0.533. The third-order valence-corrected chi connectivity index (χ3v) is 4.66. The molecule has 6 nitrogen and oxygen atoms in total. The summed E-state index contributed by atoms with van der Waals surface area (Å²) in [5.74, 6) is 0.184. The summed E-state index contributed by atoms with van der Waals surface area (Å²) in [5.41, 5.74) is 7.30. The van der Waals surface area contributed by atoms with Crippen molar-refractivity contribution in [2.45, 2.75) is 25.4 Å². The average molecular weight is 369 g/mol. The fourth-order valence-electron chi connectivity index (χ4n) is 3.28. The molecule has 0 saturated carbocycles. The molecule has 6 heteroatoms. The third-order valence-electron chi connectivity index (χ3n) is 4.66. The summed E-state index contributed by atoms with van der Waals surface area (Å²) >= 11 is 0. The lowest BCUT2D eigenvalue weighted by atomic mass is 10.1. The summed E-state index contributed by atoms with van der Waals surface area (Å²) in [4.78, 5) is 13.6. The van der Waals surface area contributed by atoms with Crippen molar-refractivity contribution in [1.29, 1.82) is 0 Å². The van der Waals surface area contributed by atoms with Crippen molar-refractivity contribution in [3.05, 3.63) is 54.1 Å². The van der Waals surface area contributed by atoms with Gasteiger partial charge in [-0.25, -0.2) is 0 Å². The minimum absolute atomic E-state index is 0.233. The molecule has 2 aromatic carbocycles. The van der Waals surface area contributed by atoms with Gasteiger partial charge in [0.2, 0.25) is 5.91 Å². The zero-order chi connectivity index (χ0) is 19.1. The Balaban J connectivity index is 1.60. The lowest BCUT2D eigenvalue weighted by Gasteiger charge is -2.28. The Bertz CT molecular complexity index is 760. The Morgan fingerprint density at radius 1 is 1.15 bits per heavy atom. The molecule has 0 aliphatic carbocycles. The SMILES string of the molecule is NC(=O)c1cccc(Nc2ccccc2OCC(O)CN2CCCCC2)c1. The van der Waals surface area contributed by atoms with Crippen LogP contribution in [-0.4, -0.2) is 48.3 Å². The van der Waals surface area contributed by atoms with E-state index in [4.69, 9.17) is 10.5 Å². The summed E-state index contributed by atoms with van der Waals surface area (Å²) in [6, 6.07) is 14.5. The maximum atomic E-state index is 11.4. The maximum Gasteiger partial charge on any atom is 0.248 e. The number of carbonyl (C=O) groups is 1. The molecule has 0 spiro atoms. The summed E-state index contributed by atoms with van der Waals surface area (Å²) in [7, 11) is 0. The number of amides is 1. The number of nitrogens with one attached hydrogen (secondary N) is 1. The highest BCUT2D eigenvalue weighted by atomic mass is 16.5. The second-order valence-electron chi connectivity index (χ2n) is 6.89. The number of rotatable bonds is 8. The van der Waals surface area contributed by atoms with Crippen LogP contribution in [0.2, 0.25) is 0 Å². The Kier molecular flexibility index (Phi) is 6.68. The number of primary amides is 1. The molecule has 1 unspecified atom stereocenters. The number of anilines is 2. The van der Waals surface area contributed by atoms with Gasteiger partial charge < -0.3 is 25.8 Å². The number of aliphatic hydroxyl groups excluding tert-OH is 1. The number of hydrogen-bond acceptors (Lipinski definition) is 5. The van der Waals surface area contributed by atoms with Crippen LogP contribution in [0.3, 0.4) is 0 Å². The van der Waals surface area contributed by atoms with Gasteiger partial charge in [-0.2, -0.15) is 0 Å². The molecule has 0 bridgehead atoms. The van der Waals surface area contributed by atoms with E-state index in [-0.39, 0.29) is 6.61 Å². The second kappa shape index (κ2) is 9.39. The number of aliphatic hydroxyl groups is 1. The number of benzene rings is 2. The van der Waals surface area contributed by atoms with Crippen molar-refractivity contribution in [2.75, 3.05) is 31.6 Å². The number of piperidine rings is 1. The fourth-order valence-corrected chi connectivity index (χ4v) is 3.28. The van der Waals surface area contributed by atoms with Crippen molar-refractivity contribution in [2.24, 2.45) is 5.73 Å². The molecule has 1 aliphatic heterocycles. The van der Waals surface area contributed by atoms with Gasteiger partial charge in [-0.1, -0.05) is 24.6 Å². The topological polar surface area (TPSA) is 87.8 Å². The van der Waals surface area contributed by atoms with Crippen molar-refractivity contribution >= 4 is 17.3 Å². The minimum Gasteiger partial charge on any atom is -0.489 e. The molecule has 27 heavy (non-hydrogen) atoms. The zero-order valence-electron chi connectivity index (χ0n) is 15.4. The number of nitrogens with two attached hydrogens (primary N) is 1. The first-order chi connectivity index (χ1) is 13.1. The zero-order valence-corrected chi connectivity index (χ0v) is 15.4. The molecule has 4 N–H and O–H groups in total. The van der Waals surface area contributed by atoms with Crippen LogP contribution < -0.4 is 15.8 Å². The standard InChI is InChI=1S/C21H27N3O3/c22-21(26)16-7-6-8-17(13-16)23-19-9-2-3-10-20(19)27-15-18(25)14-24-11-4-1-5-12-24/h2-3,6-10,13,18,23,25H,1,4-5,11-12,14-15H2,(H2,22,26). The number of hydrogen-bond donors (Lipinski definition) is 3. The van der Waals surface area contributed by atoms with Gasteiger partial charge >= 0.3 is 0 Å². The largest absolute Gasteiger partial charge is 0.489 e. The van der Waals surface area contributed by atoms with Crippen LogP contribution in [0.15, 0.2) is 48.5 Å². The fraction of sp³-hybridized carbons (Fsp3) is 0.381. The Labute approximate surface area is 159 Å². The quantitative estimate of drug-likeness (QED) is 0.666. The summed E-state index contributed by atoms with van der Waals surface area (Å²) < 4.78 is 5.86. The molecule has 1 aliphatic rings. The Hall–Kier alpha value is -2.57. The predicted molar refractivity (Wildman–Crippen MR) is 106 cm³/mol. The molecular weight excluding hydrogens is 342 g/mol. The van der Waals surface area contributed by atoms with Gasteiger partial charge in [-0.3, -0.25) is 4.79 Å². The molecule has 2 aromatic rings. The van der Waals surface area contributed by atoms with Gasteiger partial charge in [-0.05, 0) is 56.3 Å². The first kappa shape index (κ1) is 19.2. The highest BCUT2D eigenvalue weighted by molar-refractivity contribution is 5.94. The molecule has 1 atom stereocenters. The van der Waals surface area contributed by atoms with E-state index in [0.29, 0.717) is 17.9 Å². The molecule has 1 fully saturated rings. The van der Waals surface area contributed by atoms with Crippen molar-refractivity contribution in [3.63, 3.8) is 0 Å². The number of para-hydroxylation sites is 2. The lowest BCUT2D eigenvalue weighted by molar-refractivity contribution is 0.0619. The number of nitrogens with zero attached hydrogens (tertiary/aromatic N) is 1. The highest BCUT2D eigenvalue weighted by Crippen LogP contribution is 2.28. The van der Waals surface area contributed by atoms with Crippen molar-refractivity contribution in [3.8, 4) is 5.75 Å². The van der Waals surface area contributed by atoms with E-state index in [2.05, 4.69) is 10.2 Å². The van der Waals surface area contributed by atoms with E-state index < -0.39 is 12.0 Å². The number of carbonyl (C=O) groups excluding carboxylic acids is 1. The number of β-amino-alcohol motifs (C(OH)–C–C–N with tert-alkyl or cyclic N) is 1. The van der Waals surface area contributed by atoms with Gasteiger partial charge in [0.1, 0.15) is 18.5 Å². The van der Waals surface area contributed by atoms with Crippen LogP contribution >= 0.6 is 0 Å². The van der Waals surface area contributed by atoms with E-state index in [1.807, 2.05) is 30.3 Å². The van der Waals surface area contributed by atoms with E-state index in [1.165, 1.54) is 19.3 Å². The van der Waals surface area contributed by atoms with Crippen molar-refractivity contribution < 1.29 is 14.6 Å². The molecule has 1 heterocycles. The van der Waals surface area contributed by atoms with Gasteiger partial charge in [0.25, 0.3) is 0 Å². The van der Waals surface area contributed by atoms with Gasteiger partial charge in [0.05, 0.1) is 5.69 Å². The molecule has 144 valence electrons. The molecule has 1 amide bonds. The van der Waals surface area contributed by atoms with Gasteiger partial charge in [-0.15, -0.1) is 0 Å². The third kappa shape index (κ3) is 5.70. The predicted octanol–water partition coefficient (Wildman–Crippen LogP) is 2.75. The summed E-state index contributed by atoms with van der Waals surface area (Å²) in [6.07, 6.45) is 3.14. The average Bonchev–Trinajstić information content (AvgIpc) is 2.68. The first-order valence-electron chi connectivity index (χ1n) is 9.41. The highest BCUT2D eigenvalue weighted by Gasteiger charge is 2.15. The van der Waals surface area contributed by atoms with Crippen LogP contribution in [0.5, 0.6) is 5.75 Å². The normalized spacial score (nSPS) is 15.9. The van der Waals surface area contributed by atoms with Gasteiger partial charge in [0.15, 0.2) is 0 Å². The van der Waals surface area contributed by atoms with Crippen LogP contribution in [0.1, 0.15) is 29.6 Å². The van der Waals surface area contributed by atoms with Gasteiger partial charge in [0, 0.05) is 17.8 Å². The number of likely N-dealkylation sites (tertiary alicyclic amines) is 1. The first-order valence-corrected chi connectivity index (χ1v) is 9.41.